The quantitative estimate of drug-likeness (QED) is 0.278. The number of methoxy groups -OCH3 is 1. The van der Waals surface area contributed by atoms with Gasteiger partial charge in [0.15, 0.2) is 6.61 Å². The molecule has 0 heterocycles. The fourth-order valence-corrected chi connectivity index (χ4v) is 5.95. The molecule has 0 unspecified atom stereocenters. The topological polar surface area (TPSA) is 82.1 Å². The van der Waals surface area contributed by atoms with Crippen molar-refractivity contribution in [2.24, 2.45) is 17.8 Å². The van der Waals surface area contributed by atoms with Crippen molar-refractivity contribution in [3.63, 3.8) is 0 Å². The van der Waals surface area contributed by atoms with Gasteiger partial charge in [-0.25, -0.2) is 4.79 Å². The number of ether oxygens (including phenoxy) is 3. The van der Waals surface area contributed by atoms with E-state index < -0.39 is 5.97 Å². The molecule has 0 radical (unpaired) electrons. The minimum atomic E-state index is -0.395. The molecule has 2 aliphatic rings. The largest absolute Gasteiger partial charge is 0.482 e. The molecule has 1 aromatic rings. The van der Waals surface area contributed by atoms with Gasteiger partial charge in [-0.15, -0.1) is 0 Å². The second kappa shape index (κ2) is 13.9. The Morgan fingerprint density at radius 1 is 1.06 bits per heavy atom. The molecule has 6 nitrogen and oxygen atoms in total. The fourth-order valence-electron chi connectivity index (χ4n) is 5.95. The zero-order valence-electron chi connectivity index (χ0n) is 21.8. The third-order valence-corrected chi connectivity index (χ3v) is 7.88. The molecule has 0 bridgehead atoms. The summed E-state index contributed by atoms with van der Waals surface area (Å²) in [6.07, 6.45) is 10.4. The fraction of sp³-hybridized carbons (Fsp3) is 0.724. The number of carbonyl (C=O) groups is 2. The third kappa shape index (κ3) is 7.70. The van der Waals surface area contributed by atoms with Gasteiger partial charge in [-0.05, 0) is 79.9 Å². The Hall–Kier alpha value is -2.08. The predicted octanol–water partition coefficient (Wildman–Crippen LogP) is 5.41. The second-order valence-electron chi connectivity index (χ2n) is 10.3. The van der Waals surface area contributed by atoms with Gasteiger partial charge in [0.05, 0.1) is 13.2 Å². The number of aliphatic hydroxyl groups is 1. The summed E-state index contributed by atoms with van der Waals surface area (Å²) in [7, 11) is 1.36. The van der Waals surface area contributed by atoms with Gasteiger partial charge >= 0.3 is 11.9 Å². The Kier molecular flexibility index (Phi) is 10.9. The zero-order valence-corrected chi connectivity index (χ0v) is 21.8. The smallest absolute Gasteiger partial charge is 0.343 e. The number of hydrogen-bond donors (Lipinski definition) is 1. The lowest BCUT2D eigenvalue weighted by atomic mass is 9.73. The van der Waals surface area contributed by atoms with Crippen molar-refractivity contribution in [3.8, 4) is 5.75 Å². The molecule has 0 aromatic heterocycles. The molecular weight excluding hydrogens is 444 g/mol. The highest BCUT2D eigenvalue weighted by molar-refractivity contribution is 5.71. The maximum absolute atomic E-state index is 12.5. The van der Waals surface area contributed by atoms with Crippen molar-refractivity contribution in [3.05, 3.63) is 29.3 Å². The molecule has 1 fully saturated rings. The lowest BCUT2D eigenvalue weighted by Crippen LogP contribution is -2.30. The average Bonchev–Trinajstić information content (AvgIpc) is 3.18. The predicted molar refractivity (Wildman–Crippen MR) is 135 cm³/mol. The highest BCUT2D eigenvalue weighted by Crippen LogP contribution is 2.49. The van der Waals surface area contributed by atoms with Gasteiger partial charge in [-0.3, -0.25) is 4.79 Å². The summed E-state index contributed by atoms with van der Waals surface area (Å²) in [5, 5.41) is 10.6. The molecule has 5 atom stereocenters. The maximum atomic E-state index is 12.5. The highest BCUT2D eigenvalue weighted by Gasteiger charge is 2.47. The number of unbranched alkanes of at least 4 members (excludes halogenated alkanes) is 3. The molecule has 1 saturated carbocycles. The van der Waals surface area contributed by atoms with Crippen molar-refractivity contribution in [1.82, 2.24) is 0 Å². The first-order valence-corrected chi connectivity index (χ1v) is 13.6. The summed E-state index contributed by atoms with van der Waals surface area (Å²) in [4.78, 5) is 24.1. The number of benzene rings is 1. The Labute approximate surface area is 210 Å². The molecule has 0 aliphatic heterocycles. The van der Waals surface area contributed by atoms with Gasteiger partial charge in [-0.1, -0.05) is 51.7 Å². The second-order valence-corrected chi connectivity index (χ2v) is 10.3. The normalized spacial score (nSPS) is 23.8. The average molecular weight is 489 g/mol. The Morgan fingerprint density at radius 2 is 1.86 bits per heavy atom. The van der Waals surface area contributed by atoms with Crippen LogP contribution in [0.25, 0.3) is 0 Å². The van der Waals surface area contributed by atoms with E-state index in [1.54, 1.807) is 0 Å². The molecule has 0 amide bonds. The number of hydrogen-bond acceptors (Lipinski definition) is 6. The summed E-state index contributed by atoms with van der Waals surface area (Å²) in [5.74, 6) is 1.34. The molecule has 0 spiro atoms. The van der Waals surface area contributed by atoms with Gasteiger partial charge in [0.1, 0.15) is 11.9 Å². The van der Waals surface area contributed by atoms with Crippen LogP contribution in [-0.4, -0.2) is 43.0 Å². The highest BCUT2D eigenvalue weighted by atomic mass is 16.6. The minimum Gasteiger partial charge on any atom is -0.482 e. The van der Waals surface area contributed by atoms with E-state index >= 15 is 0 Å². The minimum absolute atomic E-state index is 0.0917. The van der Waals surface area contributed by atoms with Crippen molar-refractivity contribution in [2.75, 3.05) is 13.7 Å². The van der Waals surface area contributed by atoms with Gasteiger partial charge in [-0.2, -0.15) is 0 Å². The number of rotatable bonds is 14. The molecule has 35 heavy (non-hydrogen) atoms. The van der Waals surface area contributed by atoms with Crippen molar-refractivity contribution in [1.29, 1.82) is 0 Å². The first kappa shape index (κ1) is 27.5. The zero-order chi connectivity index (χ0) is 25.2. The molecule has 196 valence electrons. The van der Waals surface area contributed by atoms with Crippen molar-refractivity contribution < 1.29 is 28.9 Å². The molecule has 2 aliphatic carbocycles. The SMILES string of the molecule is CCCCC[C@@H](O)CC[C@@H]1[C@H]2Cc3cccc(OCC(=O)OC)c3C[C@H]2C[C@H]1OC(=O)CCCC. The van der Waals surface area contributed by atoms with Gasteiger partial charge < -0.3 is 19.3 Å². The van der Waals surface area contributed by atoms with Gasteiger partial charge in [0.25, 0.3) is 0 Å². The van der Waals surface area contributed by atoms with Crippen LogP contribution in [0.2, 0.25) is 0 Å². The summed E-state index contributed by atoms with van der Waals surface area (Å²) >= 11 is 0. The lowest BCUT2D eigenvalue weighted by Gasteiger charge is -2.32. The Bertz CT molecular complexity index is 821. The van der Waals surface area contributed by atoms with E-state index in [-0.39, 0.29) is 30.7 Å². The molecule has 1 aromatic carbocycles. The first-order valence-electron chi connectivity index (χ1n) is 13.6. The lowest BCUT2D eigenvalue weighted by molar-refractivity contribution is -0.151. The van der Waals surface area contributed by atoms with E-state index in [2.05, 4.69) is 19.9 Å². The summed E-state index contributed by atoms with van der Waals surface area (Å²) in [6.45, 7) is 4.16. The van der Waals surface area contributed by atoms with Crippen LogP contribution in [0.3, 0.4) is 0 Å². The van der Waals surface area contributed by atoms with E-state index in [4.69, 9.17) is 14.2 Å². The van der Waals surface area contributed by atoms with Crippen LogP contribution in [0.5, 0.6) is 5.75 Å². The van der Waals surface area contributed by atoms with E-state index in [0.29, 0.717) is 18.3 Å². The van der Waals surface area contributed by atoms with Crippen LogP contribution in [0, 0.1) is 17.8 Å². The Balaban J connectivity index is 1.71. The molecule has 0 saturated heterocycles. The van der Waals surface area contributed by atoms with Crippen LogP contribution in [-0.2, 0) is 31.9 Å². The van der Waals surface area contributed by atoms with Crippen LogP contribution >= 0.6 is 0 Å². The molecule has 1 N–H and O–H groups in total. The summed E-state index contributed by atoms with van der Waals surface area (Å²) in [6, 6.07) is 6.05. The number of aliphatic hydroxyl groups excluding tert-OH is 1. The van der Waals surface area contributed by atoms with E-state index in [9.17, 15) is 14.7 Å². The molecule has 6 heteroatoms. The third-order valence-electron chi connectivity index (χ3n) is 7.88. The van der Waals surface area contributed by atoms with Crippen molar-refractivity contribution in [2.45, 2.75) is 103 Å². The van der Waals surface area contributed by atoms with Crippen LogP contribution in [0.1, 0.15) is 89.2 Å². The number of esters is 2. The van der Waals surface area contributed by atoms with Crippen LogP contribution < -0.4 is 4.74 Å². The molecular formula is C29H44O6. The van der Waals surface area contributed by atoms with E-state index in [1.165, 1.54) is 12.7 Å². The Morgan fingerprint density at radius 3 is 2.60 bits per heavy atom. The first-order chi connectivity index (χ1) is 17.0. The van der Waals surface area contributed by atoms with Crippen LogP contribution in [0.15, 0.2) is 18.2 Å². The molecule has 3 rings (SSSR count). The summed E-state index contributed by atoms with van der Waals surface area (Å²) in [5.41, 5.74) is 2.41. The monoisotopic (exact) mass is 488 g/mol. The van der Waals surface area contributed by atoms with E-state index in [1.807, 2.05) is 12.1 Å². The van der Waals surface area contributed by atoms with E-state index in [0.717, 1.165) is 81.9 Å². The number of fused-ring (bicyclic) bond motifs is 2. The van der Waals surface area contributed by atoms with Crippen molar-refractivity contribution >= 4 is 11.9 Å². The standard InChI is InChI=1S/C29H44O6/c1-4-6-8-11-22(30)14-15-23-24-16-20-10-9-12-26(34-19-29(32)33-3)25(20)17-21(24)18-27(23)35-28(31)13-7-5-2/h9-10,12,21-24,27,30H,4-8,11,13-19H2,1-3H3/t21-,22+,23+,24-,27+/m0/s1. The maximum Gasteiger partial charge on any atom is 0.343 e. The van der Waals surface area contributed by atoms with Crippen LogP contribution in [0.4, 0.5) is 0 Å². The van der Waals surface area contributed by atoms with Gasteiger partial charge in [0.2, 0.25) is 0 Å². The summed E-state index contributed by atoms with van der Waals surface area (Å²) < 4.78 is 16.6. The number of carbonyl (C=O) groups excluding carboxylic acids is 2. The van der Waals surface area contributed by atoms with Gasteiger partial charge in [0, 0.05) is 6.42 Å².